The number of carbonyl (C=O) groups excluding carboxylic acids is 1. The van der Waals surface area contributed by atoms with Gasteiger partial charge in [0, 0.05) is 10.9 Å². The van der Waals surface area contributed by atoms with Crippen molar-refractivity contribution >= 4 is 49.0 Å². The minimum absolute atomic E-state index is 0.0156. The summed E-state index contributed by atoms with van der Waals surface area (Å²) >= 11 is 7.85. The maximum absolute atomic E-state index is 13.3. The Morgan fingerprint density at radius 2 is 2.06 bits per heavy atom. The van der Waals surface area contributed by atoms with E-state index in [0.717, 1.165) is 4.47 Å². The van der Waals surface area contributed by atoms with Crippen LogP contribution in [0.5, 0.6) is 0 Å². The third-order valence-corrected chi connectivity index (χ3v) is 5.02. The summed E-state index contributed by atoms with van der Waals surface area (Å²) in [5.74, 6) is -0.362. The van der Waals surface area contributed by atoms with Gasteiger partial charge in [-0.05, 0) is 54.9 Å². The predicted molar refractivity (Wildman–Crippen MR) is 74.2 cm³/mol. The van der Waals surface area contributed by atoms with E-state index >= 15 is 0 Å². The molecule has 0 aliphatic heterocycles. The molecular formula is C12H7Br2FOS. The molecule has 2 aromatic rings. The second-order valence-electron chi connectivity index (χ2n) is 3.41. The Morgan fingerprint density at radius 3 is 2.71 bits per heavy atom. The van der Waals surface area contributed by atoms with E-state index in [1.54, 1.807) is 12.1 Å². The SMILES string of the molecule is O=C(Cc1cccc(F)c1Br)c1sccc1Br. The van der Waals surface area contributed by atoms with Crippen molar-refractivity contribution in [3.05, 3.63) is 54.8 Å². The Hall–Kier alpha value is -0.520. The number of benzene rings is 1. The zero-order chi connectivity index (χ0) is 12.4. The van der Waals surface area contributed by atoms with Crippen molar-refractivity contribution in [1.82, 2.24) is 0 Å². The molecule has 17 heavy (non-hydrogen) atoms. The summed E-state index contributed by atoms with van der Waals surface area (Å²) in [5, 5.41) is 1.85. The summed E-state index contributed by atoms with van der Waals surface area (Å²) in [5.41, 5.74) is 0.662. The maximum atomic E-state index is 13.3. The van der Waals surface area contributed by atoms with E-state index < -0.39 is 0 Å². The third-order valence-electron chi connectivity index (χ3n) is 2.25. The van der Waals surface area contributed by atoms with E-state index in [1.165, 1.54) is 17.4 Å². The maximum Gasteiger partial charge on any atom is 0.178 e. The number of hydrogen-bond acceptors (Lipinski definition) is 2. The highest BCUT2D eigenvalue weighted by Gasteiger charge is 2.14. The fourth-order valence-electron chi connectivity index (χ4n) is 1.43. The van der Waals surface area contributed by atoms with Gasteiger partial charge in [0.25, 0.3) is 0 Å². The van der Waals surface area contributed by atoms with Crippen LogP contribution in [0.3, 0.4) is 0 Å². The molecule has 0 aliphatic carbocycles. The van der Waals surface area contributed by atoms with Gasteiger partial charge >= 0.3 is 0 Å². The first-order chi connectivity index (χ1) is 8.09. The summed E-state index contributed by atoms with van der Waals surface area (Å²) in [7, 11) is 0. The van der Waals surface area contributed by atoms with Gasteiger partial charge in [-0.25, -0.2) is 4.39 Å². The van der Waals surface area contributed by atoms with Gasteiger partial charge in [0.1, 0.15) is 5.82 Å². The summed E-state index contributed by atoms with van der Waals surface area (Å²) in [4.78, 5) is 12.7. The van der Waals surface area contributed by atoms with E-state index in [9.17, 15) is 9.18 Å². The van der Waals surface area contributed by atoms with Crippen LogP contribution in [0, 0.1) is 5.82 Å². The Morgan fingerprint density at radius 1 is 1.29 bits per heavy atom. The average molecular weight is 378 g/mol. The normalized spacial score (nSPS) is 10.5. The standard InChI is InChI=1S/C12H7Br2FOS/c13-8-4-5-17-12(8)10(16)6-7-2-1-3-9(15)11(7)14/h1-5H,6H2. The Kier molecular flexibility index (Phi) is 4.12. The third kappa shape index (κ3) is 2.84. The monoisotopic (exact) mass is 376 g/mol. The number of rotatable bonds is 3. The lowest BCUT2D eigenvalue weighted by Gasteiger charge is -2.04. The first kappa shape index (κ1) is 12.9. The van der Waals surface area contributed by atoms with E-state index in [4.69, 9.17) is 0 Å². The summed E-state index contributed by atoms with van der Waals surface area (Å²) in [6, 6.07) is 6.54. The molecule has 0 spiro atoms. The van der Waals surface area contributed by atoms with E-state index in [0.29, 0.717) is 14.9 Å². The number of thiophene rings is 1. The lowest BCUT2D eigenvalue weighted by molar-refractivity contribution is 0.0996. The van der Waals surface area contributed by atoms with Crippen molar-refractivity contribution in [3.63, 3.8) is 0 Å². The molecule has 0 saturated heterocycles. The number of Topliss-reactive ketones (excluding diaryl/α,β-unsaturated/α-hetero) is 1. The van der Waals surface area contributed by atoms with Crippen molar-refractivity contribution in [2.24, 2.45) is 0 Å². The Balaban J connectivity index is 2.25. The molecule has 0 unspecified atom stereocenters. The smallest absolute Gasteiger partial charge is 0.178 e. The highest BCUT2D eigenvalue weighted by atomic mass is 79.9. The van der Waals surface area contributed by atoms with Crippen LogP contribution < -0.4 is 0 Å². The van der Waals surface area contributed by atoms with Gasteiger partial charge in [0.05, 0.1) is 9.35 Å². The molecule has 1 aromatic heterocycles. The van der Waals surface area contributed by atoms with Gasteiger partial charge in [-0.2, -0.15) is 0 Å². The molecule has 88 valence electrons. The molecule has 0 atom stereocenters. The van der Waals surface area contributed by atoms with Gasteiger partial charge in [0.2, 0.25) is 0 Å². The molecule has 1 heterocycles. The highest BCUT2D eigenvalue weighted by molar-refractivity contribution is 9.10. The van der Waals surface area contributed by atoms with Crippen molar-refractivity contribution in [1.29, 1.82) is 0 Å². The van der Waals surface area contributed by atoms with Gasteiger partial charge in [-0.1, -0.05) is 12.1 Å². The lowest BCUT2D eigenvalue weighted by Crippen LogP contribution is -2.03. The van der Waals surface area contributed by atoms with Gasteiger partial charge in [0.15, 0.2) is 5.78 Å². The van der Waals surface area contributed by atoms with Gasteiger partial charge in [-0.3, -0.25) is 4.79 Å². The van der Waals surface area contributed by atoms with Crippen molar-refractivity contribution in [2.45, 2.75) is 6.42 Å². The molecule has 0 fully saturated rings. The van der Waals surface area contributed by atoms with Crippen LogP contribution in [-0.2, 0) is 6.42 Å². The molecule has 1 aromatic carbocycles. The van der Waals surface area contributed by atoms with Crippen LogP contribution in [0.1, 0.15) is 15.2 Å². The number of ketones is 1. The first-order valence-corrected chi connectivity index (χ1v) is 7.25. The predicted octanol–water partition coefficient (Wildman–Crippen LogP) is 4.84. The molecule has 0 N–H and O–H groups in total. The summed E-state index contributed by atoms with van der Waals surface area (Å²) in [6.45, 7) is 0. The molecule has 1 nitrogen and oxygen atoms in total. The highest BCUT2D eigenvalue weighted by Crippen LogP contribution is 2.26. The quantitative estimate of drug-likeness (QED) is 0.699. The molecule has 0 saturated carbocycles. The fourth-order valence-corrected chi connectivity index (χ4v) is 3.37. The number of hydrogen-bond donors (Lipinski definition) is 0. The number of carbonyl (C=O) groups is 1. The molecule has 2 rings (SSSR count). The molecule has 5 heteroatoms. The zero-order valence-corrected chi connectivity index (χ0v) is 12.5. The van der Waals surface area contributed by atoms with Crippen LogP contribution in [0.2, 0.25) is 0 Å². The van der Waals surface area contributed by atoms with Gasteiger partial charge < -0.3 is 0 Å². The molecule has 0 radical (unpaired) electrons. The minimum atomic E-state index is -0.347. The summed E-state index contributed by atoms with van der Waals surface area (Å²) in [6.07, 6.45) is 0.192. The fraction of sp³-hybridized carbons (Fsp3) is 0.0833. The largest absolute Gasteiger partial charge is 0.293 e. The van der Waals surface area contributed by atoms with E-state index in [-0.39, 0.29) is 18.0 Å². The average Bonchev–Trinajstić information content (AvgIpc) is 2.71. The molecular weight excluding hydrogens is 371 g/mol. The molecule has 0 aliphatic rings. The summed E-state index contributed by atoms with van der Waals surface area (Å²) < 4.78 is 14.4. The lowest BCUT2D eigenvalue weighted by atomic mass is 10.1. The Bertz CT molecular complexity index is 565. The second-order valence-corrected chi connectivity index (χ2v) is 5.97. The van der Waals surface area contributed by atoms with Crippen LogP contribution in [0.15, 0.2) is 38.6 Å². The zero-order valence-electron chi connectivity index (χ0n) is 8.54. The van der Waals surface area contributed by atoms with E-state index in [2.05, 4.69) is 31.9 Å². The van der Waals surface area contributed by atoms with Crippen molar-refractivity contribution < 1.29 is 9.18 Å². The topological polar surface area (TPSA) is 17.1 Å². The van der Waals surface area contributed by atoms with Crippen LogP contribution in [-0.4, -0.2) is 5.78 Å². The van der Waals surface area contributed by atoms with Crippen molar-refractivity contribution in [3.8, 4) is 0 Å². The molecule has 0 bridgehead atoms. The Labute approximate surface area is 119 Å². The van der Waals surface area contributed by atoms with Crippen LogP contribution >= 0.6 is 43.2 Å². The van der Waals surface area contributed by atoms with Crippen LogP contribution in [0.4, 0.5) is 4.39 Å². The second kappa shape index (κ2) is 5.42. The van der Waals surface area contributed by atoms with E-state index in [1.807, 2.05) is 11.4 Å². The first-order valence-electron chi connectivity index (χ1n) is 4.78. The molecule has 0 amide bonds. The van der Waals surface area contributed by atoms with Crippen LogP contribution in [0.25, 0.3) is 0 Å². The van der Waals surface area contributed by atoms with Gasteiger partial charge in [-0.15, -0.1) is 11.3 Å². The number of halogens is 3. The minimum Gasteiger partial charge on any atom is -0.293 e. The van der Waals surface area contributed by atoms with Crippen molar-refractivity contribution in [2.75, 3.05) is 0 Å².